The monoisotopic (exact) mass is 338 g/mol. The Morgan fingerprint density at radius 1 is 1.32 bits per heavy atom. The van der Waals surface area contributed by atoms with Crippen LogP contribution in [0.3, 0.4) is 0 Å². The third-order valence-electron chi connectivity index (χ3n) is 4.40. The molecule has 1 aromatic carbocycles. The first kappa shape index (κ1) is 15.6. The van der Waals surface area contributed by atoms with E-state index in [1.165, 1.54) is 6.07 Å². The van der Waals surface area contributed by atoms with Gasteiger partial charge in [-0.2, -0.15) is 4.52 Å². The van der Waals surface area contributed by atoms with E-state index in [1.54, 1.807) is 22.8 Å². The van der Waals surface area contributed by atoms with Crippen molar-refractivity contribution in [3.8, 4) is 0 Å². The van der Waals surface area contributed by atoms with Crippen LogP contribution in [0.15, 0.2) is 42.6 Å². The zero-order chi connectivity index (χ0) is 17.4. The molecule has 1 fully saturated rings. The maximum absolute atomic E-state index is 13.6. The van der Waals surface area contributed by atoms with E-state index < -0.39 is 5.91 Å². The SMILES string of the molecule is [CH2]C(=O)Nc1cnc2ccc(N3CCCC3c3cccc(F)c3)nn12. The second-order valence-corrected chi connectivity index (χ2v) is 6.06. The number of carbonyl (C=O) groups is 1. The van der Waals surface area contributed by atoms with Crippen LogP contribution < -0.4 is 10.2 Å². The summed E-state index contributed by atoms with van der Waals surface area (Å²) in [5.41, 5.74) is 1.57. The summed E-state index contributed by atoms with van der Waals surface area (Å²) >= 11 is 0. The zero-order valence-corrected chi connectivity index (χ0v) is 13.5. The van der Waals surface area contributed by atoms with Crippen LogP contribution in [-0.2, 0) is 4.79 Å². The summed E-state index contributed by atoms with van der Waals surface area (Å²) in [6.07, 6.45) is 3.49. The molecule has 127 valence electrons. The molecule has 1 aliphatic rings. The molecule has 1 aliphatic heterocycles. The van der Waals surface area contributed by atoms with Gasteiger partial charge in [0.05, 0.1) is 12.2 Å². The number of benzene rings is 1. The van der Waals surface area contributed by atoms with E-state index in [4.69, 9.17) is 0 Å². The molecule has 3 heterocycles. The molecule has 0 spiro atoms. The third kappa shape index (κ3) is 2.93. The number of anilines is 2. The van der Waals surface area contributed by atoms with Crippen LogP contribution in [0, 0.1) is 12.7 Å². The zero-order valence-electron chi connectivity index (χ0n) is 13.5. The van der Waals surface area contributed by atoms with Gasteiger partial charge < -0.3 is 10.2 Å². The molecule has 1 unspecified atom stereocenters. The number of aromatic nitrogens is 3. The van der Waals surface area contributed by atoms with E-state index in [9.17, 15) is 9.18 Å². The number of nitrogens with one attached hydrogen (secondary N) is 1. The first-order chi connectivity index (χ1) is 12.1. The lowest BCUT2D eigenvalue weighted by atomic mass is 10.0. The van der Waals surface area contributed by atoms with Crippen LogP contribution in [0.5, 0.6) is 0 Å². The molecule has 1 atom stereocenters. The average molecular weight is 338 g/mol. The maximum Gasteiger partial charge on any atom is 0.226 e. The van der Waals surface area contributed by atoms with Gasteiger partial charge in [-0.15, -0.1) is 5.10 Å². The van der Waals surface area contributed by atoms with Gasteiger partial charge in [0, 0.05) is 13.5 Å². The molecule has 0 bridgehead atoms. The lowest BCUT2D eigenvalue weighted by Crippen LogP contribution is -2.24. The summed E-state index contributed by atoms with van der Waals surface area (Å²) in [7, 11) is 0. The second kappa shape index (κ2) is 6.16. The Balaban J connectivity index is 1.71. The molecule has 4 rings (SSSR count). The Morgan fingerprint density at radius 3 is 3.00 bits per heavy atom. The first-order valence-corrected chi connectivity index (χ1v) is 8.11. The Morgan fingerprint density at radius 2 is 2.20 bits per heavy atom. The normalized spacial score (nSPS) is 17.2. The van der Waals surface area contributed by atoms with Crippen molar-refractivity contribution in [2.75, 3.05) is 16.8 Å². The number of halogens is 1. The van der Waals surface area contributed by atoms with Crippen LogP contribution in [0.25, 0.3) is 5.65 Å². The number of hydrogen-bond donors (Lipinski definition) is 1. The van der Waals surface area contributed by atoms with Gasteiger partial charge in [0.25, 0.3) is 0 Å². The van der Waals surface area contributed by atoms with Gasteiger partial charge in [-0.05, 0) is 42.7 Å². The second-order valence-electron chi connectivity index (χ2n) is 6.06. The highest BCUT2D eigenvalue weighted by Gasteiger charge is 2.27. The number of hydrogen-bond acceptors (Lipinski definition) is 4. The van der Waals surface area contributed by atoms with Crippen molar-refractivity contribution in [3.63, 3.8) is 0 Å². The Bertz CT molecular complexity index is 938. The minimum absolute atomic E-state index is 0.0788. The van der Waals surface area contributed by atoms with E-state index in [-0.39, 0.29) is 11.9 Å². The van der Waals surface area contributed by atoms with E-state index in [2.05, 4.69) is 27.2 Å². The predicted octanol–water partition coefficient (Wildman–Crippen LogP) is 2.98. The fraction of sp³-hybridized carbons (Fsp3) is 0.222. The lowest BCUT2D eigenvalue weighted by molar-refractivity contribution is -0.112. The number of nitrogens with zero attached hydrogens (tertiary/aromatic N) is 4. The van der Waals surface area contributed by atoms with Crippen molar-refractivity contribution < 1.29 is 9.18 Å². The van der Waals surface area contributed by atoms with Crippen molar-refractivity contribution in [1.29, 1.82) is 0 Å². The van der Waals surface area contributed by atoms with Gasteiger partial charge in [-0.25, -0.2) is 9.37 Å². The molecule has 6 nitrogen and oxygen atoms in total. The fourth-order valence-electron chi connectivity index (χ4n) is 3.35. The van der Waals surface area contributed by atoms with E-state index >= 15 is 0 Å². The van der Waals surface area contributed by atoms with Gasteiger partial charge in [0.15, 0.2) is 11.5 Å². The molecule has 1 saturated heterocycles. The molecule has 1 N–H and O–H groups in total. The molecular formula is C18H17FN5O. The number of imidazole rings is 1. The highest BCUT2D eigenvalue weighted by atomic mass is 19.1. The molecule has 2 aromatic heterocycles. The maximum atomic E-state index is 13.6. The van der Waals surface area contributed by atoms with Gasteiger partial charge >= 0.3 is 0 Å². The molecule has 25 heavy (non-hydrogen) atoms. The largest absolute Gasteiger partial charge is 0.348 e. The number of fused-ring (bicyclic) bond motifs is 1. The summed E-state index contributed by atoms with van der Waals surface area (Å²) in [5, 5.41) is 7.23. The minimum atomic E-state index is -0.423. The van der Waals surface area contributed by atoms with Crippen LogP contribution >= 0.6 is 0 Å². The molecule has 3 aromatic rings. The van der Waals surface area contributed by atoms with Crippen LogP contribution in [-0.4, -0.2) is 27.0 Å². The van der Waals surface area contributed by atoms with Crippen LogP contribution in [0.4, 0.5) is 16.0 Å². The highest BCUT2D eigenvalue weighted by molar-refractivity contribution is 5.93. The summed E-state index contributed by atoms with van der Waals surface area (Å²) < 4.78 is 15.2. The quantitative estimate of drug-likeness (QED) is 0.797. The fourth-order valence-corrected chi connectivity index (χ4v) is 3.35. The number of rotatable bonds is 3. The molecule has 0 aliphatic carbocycles. The topological polar surface area (TPSA) is 62.5 Å². The summed E-state index contributed by atoms with van der Waals surface area (Å²) in [4.78, 5) is 17.6. The number of carbonyl (C=O) groups excluding carboxylic acids is 1. The Hall–Kier alpha value is -2.96. The highest BCUT2D eigenvalue weighted by Crippen LogP contribution is 2.35. The third-order valence-corrected chi connectivity index (χ3v) is 4.40. The summed E-state index contributed by atoms with van der Waals surface area (Å²) in [5.74, 6) is 0.575. The molecular weight excluding hydrogens is 321 g/mol. The summed E-state index contributed by atoms with van der Waals surface area (Å²) in [6, 6.07) is 10.5. The summed E-state index contributed by atoms with van der Waals surface area (Å²) in [6.45, 7) is 4.15. The van der Waals surface area contributed by atoms with E-state index in [0.717, 1.165) is 30.8 Å². The Kier molecular flexibility index (Phi) is 3.83. The van der Waals surface area contributed by atoms with Crippen molar-refractivity contribution in [3.05, 3.63) is 60.9 Å². The number of amides is 1. The molecule has 1 amide bonds. The smallest absolute Gasteiger partial charge is 0.226 e. The van der Waals surface area contributed by atoms with Gasteiger partial charge in [0.1, 0.15) is 11.6 Å². The van der Waals surface area contributed by atoms with Crippen molar-refractivity contribution in [2.24, 2.45) is 0 Å². The first-order valence-electron chi connectivity index (χ1n) is 8.11. The lowest BCUT2D eigenvalue weighted by Gasteiger charge is -2.26. The molecule has 0 saturated carbocycles. The molecule has 1 radical (unpaired) electrons. The van der Waals surface area contributed by atoms with E-state index in [0.29, 0.717) is 11.5 Å². The van der Waals surface area contributed by atoms with Gasteiger partial charge in [0.2, 0.25) is 5.91 Å². The predicted molar refractivity (Wildman–Crippen MR) is 92.7 cm³/mol. The molecule has 7 heteroatoms. The van der Waals surface area contributed by atoms with Crippen molar-refractivity contribution in [1.82, 2.24) is 14.6 Å². The van der Waals surface area contributed by atoms with Crippen molar-refractivity contribution in [2.45, 2.75) is 18.9 Å². The van der Waals surface area contributed by atoms with Gasteiger partial charge in [-0.1, -0.05) is 12.1 Å². The average Bonchev–Trinajstić information content (AvgIpc) is 3.21. The van der Waals surface area contributed by atoms with E-state index in [1.807, 2.05) is 18.2 Å². The minimum Gasteiger partial charge on any atom is -0.348 e. The Labute approximate surface area is 144 Å². The standard InChI is InChI=1S/C18H17FN5O/c1-12(25)21-18-11-20-16-7-8-17(22-24(16)18)23-9-3-6-15(23)13-4-2-5-14(19)10-13/h2,4-5,7-8,10-11,15H,1,3,6,9H2,(H,21,25). The van der Waals surface area contributed by atoms with Crippen LogP contribution in [0.1, 0.15) is 24.4 Å². The van der Waals surface area contributed by atoms with Crippen LogP contribution in [0.2, 0.25) is 0 Å². The van der Waals surface area contributed by atoms with Gasteiger partial charge in [-0.3, -0.25) is 4.79 Å². The van der Waals surface area contributed by atoms with Crippen molar-refractivity contribution >= 4 is 23.2 Å².